The van der Waals surface area contributed by atoms with Gasteiger partial charge in [-0.2, -0.15) is 0 Å². The van der Waals surface area contributed by atoms with E-state index in [1.54, 1.807) is 12.0 Å². The van der Waals surface area contributed by atoms with Gasteiger partial charge in [-0.15, -0.1) is 0 Å². The van der Waals surface area contributed by atoms with E-state index >= 15 is 0 Å². The van der Waals surface area contributed by atoms with Gasteiger partial charge >= 0.3 is 0 Å². The number of nitrogens with zero attached hydrogens (tertiary/aromatic N) is 1. The average molecular weight is 671 g/mol. The maximum atomic E-state index is 13.3. The van der Waals surface area contributed by atoms with Crippen LogP contribution in [0.3, 0.4) is 0 Å². The van der Waals surface area contributed by atoms with Gasteiger partial charge in [-0.05, 0) is 23.8 Å². The van der Waals surface area contributed by atoms with E-state index in [1.165, 1.54) is 0 Å². The van der Waals surface area contributed by atoms with Crippen LogP contribution in [0.4, 0.5) is 5.69 Å². The fraction of sp³-hybridized carbons (Fsp3) is 0.556. The third kappa shape index (κ3) is 16.6. The molecule has 0 fully saturated rings. The van der Waals surface area contributed by atoms with Crippen molar-refractivity contribution in [3.63, 3.8) is 0 Å². The van der Waals surface area contributed by atoms with Crippen molar-refractivity contribution in [2.24, 2.45) is 0 Å². The second-order valence-corrected chi connectivity index (χ2v) is 10.5. The van der Waals surface area contributed by atoms with Crippen LogP contribution in [0, 0.1) is 11.8 Å². The number of para-hydroxylation sites is 1. The first-order valence-corrected chi connectivity index (χ1v) is 16.5. The van der Waals surface area contributed by atoms with Crippen LogP contribution >= 0.6 is 0 Å². The highest BCUT2D eigenvalue weighted by molar-refractivity contribution is 5.96. The molecule has 1 heterocycles. The molecule has 1 aliphatic heterocycles. The molecular formula is C36H50N2O10. The Bertz CT molecular complexity index is 1250. The summed E-state index contributed by atoms with van der Waals surface area (Å²) in [5.74, 6) is 6.08. The number of hydrogen-bond acceptors (Lipinski definition) is 10. The van der Waals surface area contributed by atoms with Crippen LogP contribution in [0.5, 0.6) is 0 Å². The Morgan fingerprint density at radius 3 is 1.62 bits per heavy atom. The third-order valence-electron chi connectivity index (χ3n) is 6.97. The van der Waals surface area contributed by atoms with Crippen LogP contribution in [0.1, 0.15) is 29.5 Å². The van der Waals surface area contributed by atoms with Gasteiger partial charge in [0.1, 0.15) is 0 Å². The van der Waals surface area contributed by atoms with E-state index in [-0.39, 0.29) is 24.7 Å². The molecule has 1 N–H and O–H groups in total. The monoisotopic (exact) mass is 670 g/mol. The van der Waals surface area contributed by atoms with E-state index in [4.69, 9.17) is 37.9 Å². The predicted octanol–water partition coefficient (Wildman–Crippen LogP) is 2.59. The van der Waals surface area contributed by atoms with Crippen LogP contribution in [0.15, 0.2) is 48.5 Å². The zero-order valence-electron chi connectivity index (χ0n) is 28.1. The van der Waals surface area contributed by atoms with Gasteiger partial charge < -0.3 is 48.1 Å². The predicted molar refractivity (Wildman–Crippen MR) is 180 cm³/mol. The molecule has 0 atom stereocenters. The molecule has 1 aliphatic rings. The van der Waals surface area contributed by atoms with E-state index in [2.05, 4.69) is 17.2 Å². The lowest BCUT2D eigenvalue weighted by Crippen LogP contribution is -2.34. The molecule has 48 heavy (non-hydrogen) atoms. The lowest BCUT2D eigenvalue weighted by molar-refractivity contribution is -0.125. The fourth-order valence-electron chi connectivity index (χ4n) is 4.48. The Balaban J connectivity index is 1.10. The van der Waals surface area contributed by atoms with Gasteiger partial charge in [0.05, 0.1) is 111 Å². The Kier molecular flexibility index (Phi) is 20.8. The lowest BCUT2D eigenvalue weighted by atomic mass is 10.0. The molecule has 3 rings (SSSR count). The third-order valence-corrected chi connectivity index (χ3v) is 6.97. The maximum absolute atomic E-state index is 13.3. The van der Waals surface area contributed by atoms with Crippen molar-refractivity contribution >= 4 is 17.5 Å². The minimum absolute atomic E-state index is 0.0925. The highest BCUT2D eigenvalue weighted by Crippen LogP contribution is 2.26. The summed E-state index contributed by atoms with van der Waals surface area (Å²) >= 11 is 0. The van der Waals surface area contributed by atoms with Crippen LogP contribution in [-0.2, 0) is 54.0 Å². The number of carbonyl (C=O) groups excluding carboxylic acids is 2. The quantitative estimate of drug-likeness (QED) is 0.112. The summed E-state index contributed by atoms with van der Waals surface area (Å²) in [5, 5.41) is 2.81. The standard InChI is InChI=1S/C36H50N2O10/c1-41-16-17-43-20-21-45-24-25-47-28-29-48-27-26-46-23-22-44-19-18-42-15-14-37-35(39)12-13-36(40)38-30-33-8-3-2-6-31(33)10-11-32-7-4-5-9-34(32)38/h2-9H,12-30H2,1H3,(H,37,39). The molecule has 0 unspecified atom stereocenters. The van der Waals surface area contributed by atoms with Crippen LogP contribution in [0.2, 0.25) is 0 Å². The molecule has 2 amide bonds. The zero-order valence-corrected chi connectivity index (χ0v) is 28.1. The Hall–Kier alpha value is -3.38. The molecule has 2 aromatic carbocycles. The average Bonchev–Trinajstić information content (AvgIpc) is 3.10. The van der Waals surface area contributed by atoms with Crippen molar-refractivity contribution in [2.75, 3.05) is 118 Å². The number of benzene rings is 2. The molecule has 0 saturated carbocycles. The van der Waals surface area contributed by atoms with Crippen LogP contribution in [0.25, 0.3) is 0 Å². The highest BCUT2D eigenvalue weighted by Gasteiger charge is 2.21. The highest BCUT2D eigenvalue weighted by atomic mass is 16.6. The minimum atomic E-state index is -0.196. The molecule has 12 nitrogen and oxygen atoms in total. The SMILES string of the molecule is COCCOCCOCCOCCOCCOCCOCCOCCNC(=O)CCC(=O)N1Cc2ccccc2C#Cc2ccccc21. The summed E-state index contributed by atoms with van der Waals surface area (Å²) in [6.45, 7) is 8.08. The van der Waals surface area contributed by atoms with E-state index in [1.807, 2.05) is 48.5 Å². The first-order valence-electron chi connectivity index (χ1n) is 16.5. The summed E-state index contributed by atoms with van der Waals surface area (Å²) in [4.78, 5) is 27.4. The van der Waals surface area contributed by atoms with Crippen LogP contribution < -0.4 is 10.2 Å². The van der Waals surface area contributed by atoms with Gasteiger partial charge in [-0.1, -0.05) is 42.2 Å². The number of carbonyl (C=O) groups is 2. The molecule has 0 aliphatic carbocycles. The number of hydrogen-bond donors (Lipinski definition) is 1. The van der Waals surface area contributed by atoms with Gasteiger partial charge in [0.2, 0.25) is 11.8 Å². The van der Waals surface area contributed by atoms with Crippen molar-refractivity contribution in [3.05, 3.63) is 65.2 Å². The molecule has 0 aromatic heterocycles. The Morgan fingerprint density at radius 1 is 0.604 bits per heavy atom. The van der Waals surface area contributed by atoms with E-state index in [0.29, 0.717) is 112 Å². The Morgan fingerprint density at radius 2 is 1.06 bits per heavy atom. The summed E-state index contributed by atoms with van der Waals surface area (Å²) < 4.78 is 43.0. The lowest BCUT2D eigenvalue weighted by Gasteiger charge is -2.26. The molecule has 0 spiro atoms. The summed E-state index contributed by atoms with van der Waals surface area (Å²) in [6, 6.07) is 15.4. The summed E-state index contributed by atoms with van der Waals surface area (Å²) in [5.41, 5.74) is 3.42. The number of nitrogens with one attached hydrogen (secondary N) is 1. The van der Waals surface area contributed by atoms with Crippen molar-refractivity contribution in [1.29, 1.82) is 0 Å². The second-order valence-electron chi connectivity index (χ2n) is 10.5. The normalized spacial score (nSPS) is 12.0. The maximum Gasteiger partial charge on any atom is 0.227 e. The summed E-state index contributed by atoms with van der Waals surface area (Å²) in [6.07, 6.45) is 0.186. The minimum Gasteiger partial charge on any atom is -0.382 e. The molecule has 0 radical (unpaired) electrons. The fourth-order valence-corrected chi connectivity index (χ4v) is 4.48. The number of rotatable bonds is 27. The van der Waals surface area contributed by atoms with E-state index < -0.39 is 0 Å². The number of fused-ring (bicyclic) bond motifs is 2. The van der Waals surface area contributed by atoms with Crippen molar-refractivity contribution in [3.8, 4) is 11.8 Å². The van der Waals surface area contributed by atoms with Crippen molar-refractivity contribution < 1.29 is 47.5 Å². The zero-order chi connectivity index (χ0) is 33.9. The molecule has 2 aromatic rings. The Labute approximate surface area is 284 Å². The smallest absolute Gasteiger partial charge is 0.227 e. The van der Waals surface area contributed by atoms with Crippen molar-refractivity contribution in [1.82, 2.24) is 5.32 Å². The number of methoxy groups -OCH3 is 1. The van der Waals surface area contributed by atoms with Gasteiger partial charge in [0, 0.05) is 37.6 Å². The van der Waals surface area contributed by atoms with Gasteiger partial charge in [-0.25, -0.2) is 0 Å². The first-order chi connectivity index (χ1) is 23.7. The van der Waals surface area contributed by atoms with Gasteiger partial charge in [0.15, 0.2) is 0 Å². The number of ether oxygens (including phenoxy) is 8. The van der Waals surface area contributed by atoms with Gasteiger partial charge in [0.25, 0.3) is 0 Å². The summed E-state index contributed by atoms with van der Waals surface area (Å²) in [7, 11) is 1.64. The van der Waals surface area contributed by atoms with E-state index in [0.717, 1.165) is 22.4 Å². The van der Waals surface area contributed by atoms with Gasteiger partial charge in [-0.3, -0.25) is 9.59 Å². The molecule has 0 saturated heterocycles. The van der Waals surface area contributed by atoms with E-state index in [9.17, 15) is 9.59 Å². The topological polar surface area (TPSA) is 123 Å². The molecular weight excluding hydrogens is 620 g/mol. The van der Waals surface area contributed by atoms with Crippen LogP contribution in [-0.4, -0.2) is 125 Å². The first kappa shape index (κ1) is 39.1. The molecule has 12 heteroatoms. The number of amides is 2. The largest absolute Gasteiger partial charge is 0.382 e. The number of anilines is 1. The second kappa shape index (κ2) is 25.6. The molecule has 0 bridgehead atoms. The van der Waals surface area contributed by atoms with Crippen molar-refractivity contribution in [2.45, 2.75) is 19.4 Å². The molecule has 264 valence electrons.